The van der Waals surface area contributed by atoms with Crippen LogP contribution < -0.4 is 14.9 Å². The molecule has 0 bridgehead atoms. The molecule has 1 aromatic carbocycles. The normalized spacial score (nSPS) is 19.3. The van der Waals surface area contributed by atoms with Gasteiger partial charge in [-0.05, 0) is 36.6 Å². The van der Waals surface area contributed by atoms with Gasteiger partial charge in [0.05, 0.1) is 18.2 Å². The molecule has 1 aliphatic heterocycles. The largest absolute Gasteiger partial charge is 0.454 e. The number of fused-ring (bicyclic) bond motifs is 1. The first-order valence-corrected chi connectivity index (χ1v) is 7.59. The van der Waals surface area contributed by atoms with Gasteiger partial charge in [0.15, 0.2) is 11.5 Å². The Kier molecular flexibility index (Phi) is 4.29. The summed E-state index contributed by atoms with van der Waals surface area (Å²) in [6.07, 6.45) is 6.11. The Balaban J connectivity index is 1.52. The second-order valence-electron chi connectivity index (χ2n) is 5.87. The first-order chi connectivity index (χ1) is 10.6. The van der Waals surface area contributed by atoms with Crippen molar-refractivity contribution in [1.82, 2.24) is 5.43 Å². The second-order valence-corrected chi connectivity index (χ2v) is 5.87. The van der Waals surface area contributed by atoms with E-state index in [-0.39, 0.29) is 19.1 Å². The van der Waals surface area contributed by atoms with Crippen LogP contribution in [0.2, 0.25) is 0 Å². The molecule has 0 spiro atoms. The molecule has 1 fully saturated rings. The summed E-state index contributed by atoms with van der Waals surface area (Å²) < 4.78 is 10.5. The number of nitrogens with zero attached hydrogens (tertiary/aromatic N) is 1. The number of benzene rings is 1. The van der Waals surface area contributed by atoms with Gasteiger partial charge in [-0.15, -0.1) is 0 Å². The molecule has 0 unspecified atom stereocenters. The number of hydrogen-bond donors (Lipinski definition) is 2. The molecule has 118 valence electrons. The van der Waals surface area contributed by atoms with E-state index in [1.54, 1.807) is 18.3 Å². The third-order valence-corrected chi connectivity index (χ3v) is 4.07. The van der Waals surface area contributed by atoms with Gasteiger partial charge in [0.2, 0.25) is 12.7 Å². The Morgan fingerprint density at radius 1 is 1.27 bits per heavy atom. The maximum Gasteiger partial charge on any atom is 0.242 e. The number of aliphatic hydroxyl groups is 1. The molecule has 0 saturated heterocycles. The first-order valence-electron chi connectivity index (χ1n) is 7.59. The summed E-state index contributed by atoms with van der Waals surface area (Å²) in [6, 6.07) is 5.43. The fourth-order valence-electron chi connectivity index (χ4n) is 2.90. The van der Waals surface area contributed by atoms with Crippen LogP contribution in [0.15, 0.2) is 23.3 Å². The summed E-state index contributed by atoms with van der Waals surface area (Å²) in [6.45, 7) is 0.227. The lowest BCUT2D eigenvalue weighted by Gasteiger charge is -2.31. The average Bonchev–Trinajstić information content (AvgIpc) is 2.95. The number of amides is 1. The van der Waals surface area contributed by atoms with E-state index in [4.69, 9.17) is 9.47 Å². The molecule has 0 atom stereocenters. The molecule has 2 N–H and O–H groups in total. The Bertz CT molecular complexity index is 580. The van der Waals surface area contributed by atoms with Crippen LogP contribution in [-0.4, -0.2) is 29.6 Å². The molecule has 1 heterocycles. The Labute approximate surface area is 129 Å². The number of rotatable bonds is 4. The predicted molar refractivity (Wildman–Crippen MR) is 81.0 cm³/mol. The van der Waals surface area contributed by atoms with Gasteiger partial charge in [-0.2, -0.15) is 5.10 Å². The third kappa shape index (κ3) is 3.57. The summed E-state index contributed by atoms with van der Waals surface area (Å²) in [5.41, 5.74) is 2.41. The number of nitrogens with one attached hydrogen (secondary N) is 1. The van der Waals surface area contributed by atoms with Gasteiger partial charge in [0.25, 0.3) is 0 Å². The molecule has 6 nitrogen and oxygen atoms in total. The highest BCUT2D eigenvalue weighted by atomic mass is 16.7. The van der Waals surface area contributed by atoms with Gasteiger partial charge < -0.3 is 14.6 Å². The van der Waals surface area contributed by atoms with Crippen LogP contribution in [0.25, 0.3) is 0 Å². The fraction of sp³-hybridized carbons (Fsp3) is 0.500. The van der Waals surface area contributed by atoms with Crippen LogP contribution in [-0.2, 0) is 4.79 Å². The van der Waals surface area contributed by atoms with Crippen LogP contribution in [0.1, 0.15) is 44.1 Å². The highest BCUT2D eigenvalue weighted by molar-refractivity contribution is 5.83. The third-order valence-electron chi connectivity index (χ3n) is 4.07. The lowest BCUT2D eigenvalue weighted by Crippen LogP contribution is -2.37. The minimum absolute atomic E-state index is 0.103. The Morgan fingerprint density at radius 2 is 2.05 bits per heavy atom. The number of carbonyl (C=O) groups excluding carboxylic acids is 1. The van der Waals surface area contributed by atoms with E-state index in [2.05, 4.69) is 10.5 Å². The van der Waals surface area contributed by atoms with Crippen molar-refractivity contribution in [2.45, 2.75) is 44.1 Å². The molecule has 1 aromatic rings. The lowest BCUT2D eigenvalue weighted by atomic mass is 9.82. The minimum Gasteiger partial charge on any atom is -0.454 e. The second kappa shape index (κ2) is 6.36. The van der Waals surface area contributed by atoms with Crippen LogP contribution in [0.3, 0.4) is 0 Å². The number of carbonyl (C=O) groups is 1. The van der Waals surface area contributed by atoms with E-state index in [0.29, 0.717) is 24.3 Å². The van der Waals surface area contributed by atoms with Crippen molar-refractivity contribution in [3.63, 3.8) is 0 Å². The molecule has 22 heavy (non-hydrogen) atoms. The number of hydrazone groups is 1. The maximum absolute atomic E-state index is 11.9. The molecular formula is C16H20N2O4. The standard InChI is InChI=1S/C16H20N2O4/c19-15(9-16(20)6-2-1-3-7-16)18-17-10-12-4-5-13-14(8-12)22-11-21-13/h4-5,8,10,20H,1-3,6-7,9,11H2,(H,18,19)/b17-10-. The summed E-state index contributed by atoms with van der Waals surface area (Å²) in [5.74, 6) is 1.12. The minimum atomic E-state index is -0.864. The van der Waals surface area contributed by atoms with Crippen LogP contribution >= 0.6 is 0 Å². The monoisotopic (exact) mass is 304 g/mol. The molecule has 2 aliphatic rings. The quantitative estimate of drug-likeness (QED) is 0.658. The SMILES string of the molecule is O=C(CC1(O)CCCCC1)N/N=C\c1ccc2c(c1)OCO2. The van der Waals surface area contributed by atoms with E-state index < -0.39 is 5.60 Å². The molecule has 0 aromatic heterocycles. The van der Waals surface area contributed by atoms with E-state index in [9.17, 15) is 9.90 Å². The van der Waals surface area contributed by atoms with Gasteiger partial charge in [0.1, 0.15) is 0 Å². The van der Waals surface area contributed by atoms with Gasteiger partial charge in [-0.3, -0.25) is 4.79 Å². The summed E-state index contributed by atoms with van der Waals surface area (Å²) >= 11 is 0. The summed E-state index contributed by atoms with van der Waals surface area (Å²) in [7, 11) is 0. The van der Waals surface area contributed by atoms with Crippen molar-refractivity contribution < 1.29 is 19.4 Å². The lowest BCUT2D eigenvalue weighted by molar-refractivity contribution is -0.127. The predicted octanol–water partition coefficient (Wildman–Crippen LogP) is 1.95. The summed E-state index contributed by atoms with van der Waals surface area (Å²) in [4.78, 5) is 11.9. The van der Waals surface area contributed by atoms with Crippen molar-refractivity contribution in [3.8, 4) is 11.5 Å². The smallest absolute Gasteiger partial charge is 0.242 e. The molecule has 6 heteroatoms. The van der Waals surface area contributed by atoms with Gasteiger partial charge in [0, 0.05) is 0 Å². The van der Waals surface area contributed by atoms with Crippen LogP contribution in [0.5, 0.6) is 11.5 Å². The fourth-order valence-corrected chi connectivity index (χ4v) is 2.90. The highest BCUT2D eigenvalue weighted by Crippen LogP contribution is 2.32. The van der Waals surface area contributed by atoms with E-state index in [0.717, 1.165) is 24.8 Å². The van der Waals surface area contributed by atoms with Crippen molar-refractivity contribution in [1.29, 1.82) is 0 Å². The molecule has 0 radical (unpaired) electrons. The zero-order chi connectivity index (χ0) is 15.4. The van der Waals surface area contributed by atoms with Gasteiger partial charge >= 0.3 is 0 Å². The summed E-state index contributed by atoms with van der Waals surface area (Å²) in [5, 5.41) is 14.3. The van der Waals surface area contributed by atoms with Crippen LogP contribution in [0.4, 0.5) is 0 Å². The number of ether oxygens (including phenoxy) is 2. The molecular weight excluding hydrogens is 284 g/mol. The zero-order valence-corrected chi connectivity index (χ0v) is 12.4. The van der Waals surface area contributed by atoms with E-state index in [1.165, 1.54) is 0 Å². The Hall–Kier alpha value is -2.08. The molecule has 1 saturated carbocycles. The van der Waals surface area contributed by atoms with Crippen molar-refractivity contribution in [2.24, 2.45) is 5.10 Å². The number of hydrogen-bond acceptors (Lipinski definition) is 5. The van der Waals surface area contributed by atoms with Crippen molar-refractivity contribution in [2.75, 3.05) is 6.79 Å². The van der Waals surface area contributed by atoms with Gasteiger partial charge in [-0.25, -0.2) is 5.43 Å². The highest BCUT2D eigenvalue weighted by Gasteiger charge is 2.31. The van der Waals surface area contributed by atoms with Crippen molar-refractivity contribution in [3.05, 3.63) is 23.8 Å². The average molecular weight is 304 g/mol. The maximum atomic E-state index is 11.9. The zero-order valence-electron chi connectivity index (χ0n) is 12.4. The first kappa shape index (κ1) is 14.8. The molecule has 1 amide bonds. The van der Waals surface area contributed by atoms with Crippen molar-refractivity contribution >= 4 is 12.1 Å². The van der Waals surface area contributed by atoms with Gasteiger partial charge in [-0.1, -0.05) is 19.3 Å². The molecule has 1 aliphatic carbocycles. The molecule has 3 rings (SSSR count). The van der Waals surface area contributed by atoms with Crippen LogP contribution in [0, 0.1) is 0 Å². The Morgan fingerprint density at radius 3 is 2.86 bits per heavy atom. The van der Waals surface area contributed by atoms with E-state index >= 15 is 0 Å². The topological polar surface area (TPSA) is 80.2 Å². The van der Waals surface area contributed by atoms with E-state index in [1.807, 2.05) is 6.07 Å².